The van der Waals surface area contributed by atoms with Crippen LogP contribution in [0.5, 0.6) is 0 Å². The van der Waals surface area contributed by atoms with Gasteiger partial charge in [0.15, 0.2) is 0 Å². The van der Waals surface area contributed by atoms with E-state index in [1.165, 1.54) is 0 Å². The van der Waals surface area contributed by atoms with Crippen LogP contribution in [0.1, 0.15) is 22.3 Å². The van der Waals surface area contributed by atoms with Gasteiger partial charge >= 0.3 is 0 Å². The van der Waals surface area contributed by atoms with Gasteiger partial charge in [-0.05, 0) is 0 Å². The van der Waals surface area contributed by atoms with Gasteiger partial charge in [-0.1, -0.05) is 22.3 Å². The van der Waals surface area contributed by atoms with Crippen molar-refractivity contribution >= 4 is 9.06 Å². The van der Waals surface area contributed by atoms with E-state index in [1.54, 1.807) is 0 Å². The Kier molecular flexibility index (Phi) is 13900. The van der Waals surface area contributed by atoms with Crippen LogP contribution in [0.4, 0.5) is 0 Å². The number of rotatable bonds is 0. The zero-order valence-electron chi connectivity index (χ0n) is 4.46. The number of hydrogen-bond acceptors (Lipinski definition) is 7. The first-order chi connectivity index (χ1) is 4.41. The average Bonchev–Trinajstić information content (AvgIpc) is 2.01. The van der Waals surface area contributed by atoms with E-state index in [0.717, 1.165) is 0 Å². The summed E-state index contributed by atoms with van der Waals surface area (Å²) in [6.07, 6.45) is 0. The normalized spacial score (nSPS) is 3.45. The second kappa shape index (κ2) is 3290. The molecule has 0 aliphatic heterocycles. The Balaban J connectivity index is -0.00000000522. The van der Waals surface area contributed by atoms with Crippen molar-refractivity contribution < 1.29 is 25.6 Å². The molecule has 76 valence electrons. The zero-order chi connectivity index (χ0) is 8.71. The highest BCUT2D eigenvalue weighted by Gasteiger charge is 0.748. The van der Waals surface area contributed by atoms with Crippen molar-refractivity contribution in [1.29, 1.82) is 1.28 Å². The fourth-order valence-corrected chi connectivity index (χ4v) is 0. The third kappa shape index (κ3) is 2560. The number of hydrogen-bond donors (Lipinski definition) is 4. The molecule has 0 aliphatic rings. The topological polar surface area (TPSA) is 132 Å². The van der Waals surface area contributed by atoms with Gasteiger partial charge in [-0.2, -0.15) is 0 Å². The molecule has 0 saturated carbocycles. The minimum absolute atomic E-state index is 0. The van der Waals surface area contributed by atoms with Crippen LogP contribution in [0.25, 0.3) is 0 Å². The van der Waals surface area contributed by atoms with E-state index in [-0.39, 0.29) is 22.3 Å². The van der Waals surface area contributed by atoms with Crippen molar-refractivity contribution in [2.45, 2.75) is 22.3 Å². The highest BCUT2D eigenvalue weighted by Crippen LogP contribution is 1.23. The Hall–Kier alpha value is -0.460. The van der Waals surface area contributed by atoms with E-state index in [1.807, 2.05) is 0 Å². The molecule has 0 bridgehead atoms. The van der Waals surface area contributed by atoms with Crippen molar-refractivity contribution in [3.05, 3.63) is 9.93 Å². The van der Waals surface area contributed by atoms with Crippen molar-refractivity contribution in [3.63, 3.8) is 0 Å². The molecule has 0 aromatic rings. The fourth-order valence-electron chi connectivity index (χ4n) is 0. The van der Waals surface area contributed by atoms with E-state index < -0.39 is 9.06 Å². The molecule has 0 radical (unpaired) electrons. The molecule has 7 nitrogen and oxygen atoms in total. The molecule has 11 heavy (non-hydrogen) atoms. The van der Waals surface area contributed by atoms with E-state index in [2.05, 4.69) is 0 Å². The standard InChI is InChI=1S/3CH4.2H2O2.O2.HOP/c;;;4*1-2/h3*1H4;2*1-2H;;2H/i;;;;;;2D. The summed E-state index contributed by atoms with van der Waals surface area (Å²) in [5, 5.41) is 24.0. The molecule has 0 fully saturated rings. The third-order valence-corrected chi connectivity index (χ3v) is 0. The van der Waals surface area contributed by atoms with Crippen molar-refractivity contribution in [2.75, 3.05) is 0 Å². The monoisotopic (exact) mass is 197 g/mol. The van der Waals surface area contributed by atoms with Gasteiger partial charge in [0.1, 0.15) is 10.3 Å². The summed E-state index contributed by atoms with van der Waals surface area (Å²) in [5.74, 6) is 0. The molecule has 0 aromatic heterocycles. The Morgan fingerprint density at radius 2 is 0.909 bits per heavy atom. The third-order valence-electron chi connectivity index (χ3n) is 0. The minimum atomic E-state index is -0.583. The fraction of sp³-hybridized carbons (Fsp3) is 1.00. The molecule has 0 aliphatic carbocycles. The minimum Gasteiger partial charge on any atom is -0.279 e. The van der Waals surface area contributed by atoms with E-state index >= 15 is 0 Å². The predicted molar refractivity (Wildman–Crippen MR) is 46.4 cm³/mol. The molecule has 0 saturated heterocycles. The SMILES string of the molecule is C.C.C.O=O.OO.OO.[2H]P=O. The Morgan fingerprint density at radius 3 is 0.909 bits per heavy atom. The maximum atomic E-state index is 8.57. The Labute approximate surface area is 69.3 Å². The lowest BCUT2D eigenvalue weighted by atomic mass is 12.0. The molecule has 0 unspecified atom stereocenters. The van der Waals surface area contributed by atoms with Gasteiger partial charge in [0.05, 0.1) is 0 Å². The van der Waals surface area contributed by atoms with E-state index in [9.17, 15) is 0 Å². The van der Waals surface area contributed by atoms with Gasteiger partial charge in [-0.25, -0.2) is 0 Å². The van der Waals surface area contributed by atoms with Crippen LogP contribution in [0.2, 0.25) is 0 Å². The van der Waals surface area contributed by atoms with Crippen molar-refractivity contribution in [3.8, 4) is 0 Å². The van der Waals surface area contributed by atoms with Crippen LogP contribution < -0.4 is 0 Å². The Bertz CT molecular complexity index is 32.6. The molecule has 0 atom stereocenters. The lowest BCUT2D eigenvalue weighted by molar-refractivity contribution is -0.176. The van der Waals surface area contributed by atoms with Gasteiger partial charge in [-0.15, -0.1) is 0 Å². The first kappa shape index (κ1) is 46.5. The van der Waals surface area contributed by atoms with E-state index in [4.69, 9.17) is 36.8 Å². The summed E-state index contributed by atoms with van der Waals surface area (Å²) in [7, 11) is -0.583. The summed E-state index contributed by atoms with van der Waals surface area (Å²) in [4.78, 5) is 14.0. The predicted octanol–water partition coefficient (Wildman–Crippen LogP) is 2.48. The second-order valence-corrected chi connectivity index (χ2v) is 0. The van der Waals surface area contributed by atoms with Gasteiger partial charge < -0.3 is 0 Å². The molecule has 0 rings (SSSR count). The highest BCUT2D eigenvalue weighted by molar-refractivity contribution is 7.00. The first-order valence-corrected chi connectivity index (χ1v) is 1.11. The molecule has 0 aromatic carbocycles. The Morgan fingerprint density at radius 1 is 0.909 bits per heavy atom. The van der Waals surface area contributed by atoms with Gasteiger partial charge in [0, 0.05) is 9.93 Å². The largest absolute Gasteiger partial charge is 0.279 e. The maximum Gasteiger partial charge on any atom is 0.140 e. The van der Waals surface area contributed by atoms with Gasteiger partial charge in [-0.3, -0.25) is 25.6 Å². The summed E-state index contributed by atoms with van der Waals surface area (Å²) in [6.45, 7) is 0. The molecule has 8 heteroatoms. The quantitative estimate of drug-likeness (QED) is 0.266. The summed E-state index contributed by atoms with van der Waals surface area (Å²) in [5.41, 5.74) is 0. The molecule has 0 heterocycles. The molecule has 4 N–H and O–H groups in total. The summed E-state index contributed by atoms with van der Waals surface area (Å²) >= 11 is 0. The van der Waals surface area contributed by atoms with Gasteiger partial charge in [0.2, 0.25) is 0 Å². The van der Waals surface area contributed by atoms with E-state index in [0.29, 0.717) is 0 Å². The van der Waals surface area contributed by atoms with Crippen LogP contribution in [-0.4, -0.2) is 22.3 Å². The van der Waals surface area contributed by atoms with Crippen LogP contribution >= 0.6 is 9.06 Å². The summed E-state index contributed by atoms with van der Waals surface area (Å²) in [6, 6.07) is 0. The summed E-state index contributed by atoms with van der Waals surface area (Å²) < 4.78 is 14.2. The molecule has 0 spiro atoms. The van der Waals surface area contributed by atoms with Crippen LogP contribution in [0.3, 0.4) is 0 Å². The molecular formula is C3H17O7P. The van der Waals surface area contributed by atoms with Crippen molar-refractivity contribution in [2.24, 2.45) is 0 Å². The smallest absolute Gasteiger partial charge is 0.140 e. The van der Waals surface area contributed by atoms with Crippen LogP contribution in [0.15, 0.2) is 0 Å². The zero-order valence-corrected chi connectivity index (χ0v) is 4.36. The lowest BCUT2D eigenvalue weighted by Crippen LogP contribution is -1.29. The van der Waals surface area contributed by atoms with Gasteiger partial charge in [0.25, 0.3) is 0 Å². The van der Waals surface area contributed by atoms with Crippen LogP contribution in [0, 0.1) is 9.93 Å². The first-order valence-electron chi connectivity index (χ1n) is 1.20. The lowest BCUT2D eigenvalue weighted by Gasteiger charge is -1.25. The van der Waals surface area contributed by atoms with Crippen molar-refractivity contribution in [1.82, 2.24) is 0 Å². The molecule has 0 amide bonds. The maximum absolute atomic E-state index is 8.57. The second-order valence-electron chi connectivity index (χ2n) is 0. The van der Waals surface area contributed by atoms with Crippen LogP contribution in [-0.2, 0) is 4.57 Å². The molecular weight excluding hydrogens is 179 g/mol. The highest BCUT2D eigenvalue weighted by atomic mass is 31.0. The average molecular weight is 197 g/mol.